The molecule has 3 N–H and O–H groups in total. The van der Waals surface area contributed by atoms with Crippen molar-refractivity contribution in [3.8, 4) is 0 Å². The fourth-order valence-corrected chi connectivity index (χ4v) is 3.12. The van der Waals surface area contributed by atoms with Gasteiger partial charge in [-0.05, 0) is 39.0 Å². The lowest BCUT2D eigenvalue weighted by atomic mass is 9.78. The minimum absolute atomic E-state index is 0. The van der Waals surface area contributed by atoms with Gasteiger partial charge in [0.1, 0.15) is 5.60 Å². The molecule has 160 valence electrons. The molecule has 0 aromatic rings. The molecule has 0 radical (unpaired) electrons. The Balaban J connectivity index is 0.00000676. The average molecular weight is 498 g/mol. The third kappa shape index (κ3) is 11.0. The molecule has 0 bridgehead atoms. The van der Waals surface area contributed by atoms with E-state index in [2.05, 4.69) is 41.7 Å². The van der Waals surface area contributed by atoms with Crippen LogP contribution in [-0.4, -0.2) is 57.0 Å². The van der Waals surface area contributed by atoms with Gasteiger partial charge in [0.2, 0.25) is 0 Å². The van der Waals surface area contributed by atoms with E-state index in [1.165, 1.54) is 0 Å². The average Bonchev–Trinajstić information content (AvgIpc) is 2.52. The van der Waals surface area contributed by atoms with Crippen molar-refractivity contribution in [3.63, 3.8) is 0 Å². The lowest BCUT2D eigenvalue weighted by Crippen LogP contribution is -2.48. The van der Waals surface area contributed by atoms with Crippen LogP contribution in [-0.2, 0) is 9.47 Å². The number of hydrogen-bond donors (Lipinski definition) is 3. The Morgan fingerprint density at radius 3 is 2.30 bits per heavy atom. The van der Waals surface area contributed by atoms with E-state index in [0.29, 0.717) is 19.0 Å². The van der Waals surface area contributed by atoms with Gasteiger partial charge in [0.25, 0.3) is 0 Å². The van der Waals surface area contributed by atoms with Crippen LogP contribution in [0.3, 0.4) is 0 Å². The Bertz CT molecular complexity index is 473. The maximum Gasteiger partial charge on any atom is 0.407 e. The van der Waals surface area contributed by atoms with Crippen LogP contribution in [0.5, 0.6) is 0 Å². The Labute approximate surface area is 181 Å². The lowest BCUT2D eigenvalue weighted by Gasteiger charge is -2.40. The molecule has 0 spiro atoms. The summed E-state index contributed by atoms with van der Waals surface area (Å²) < 4.78 is 11.2. The van der Waals surface area contributed by atoms with E-state index in [1.807, 2.05) is 20.8 Å². The van der Waals surface area contributed by atoms with E-state index in [4.69, 9.17) is 9.47 Å². The second kappa shape index (κ2) is 11.9. The maximum atomic E-state index is 11.6. The van der Waals surface area contributed by atoms with Crippen molar-refractivity contribution in [2.75, 3.05) is 33.3 Å². The summed E-state index contributed by atoms with van der Waals surface area (Å²) in [4.78, 5) is 15.9. The largest absolute Gasteiger partial charge is 0.444 e. The highest BCUT2D eigenvalue weighted by Gasteiger charge is 2.35. The zero-order valence-corrected chi connectivity index (χ0v) is 20.3. The standard InChI is InChI=1S/C19H38N4O3.HI/c1-18(2,3)15-14(9-8-12-25-15)13-23-16(20-7)21-10-11-22-17(24)26-19(4,5)6;/h14-15H,8-13H2,1-7H3,(H,22,24)(H2,20,21,23);1H. The lowest BCUT2D eigenvalue weighted by molar-refractivity contribution is -0.0835. The van der Waals surface area contributed by atoms with Crippen molar-refractivity contribution in [2.24, 2.45) is 16.3 Å². The van der Waals surface area contributed by atoms with Gasteiger partial charge in [-0.15, -0.1) is 24.0 Å². The van der Waals surface area contributed by atoms with Crippen LogP contribution >= 0.6 is 24.0 Å². The third-order valence-electron chi connectivity index (χ3n) is 4.14. The van der Waals surface area contributed by atoms with E-state index < -0.39 is 11.7 Å². The van der Waals surface area contributed by atoms with Crippen LogP contribution in [0.15, 0.2) is 4.99 Å². The number of alkyl carbamates (subject to hydrolysis) is 1. The molecule has 1 fully saturated rings. The molecule has 0 saturated carbocycles. The van der Waals surface area contributed by atoms with Crippen molar-refractivity contribution in [2.45, 2.75) is 66.1 Å². The monoisotopic (exact) mass is 498 g/mol. The van der Waals surface area contributed by atoms with E-state index in [1.54, 1.807) is 7.05 Å². The van der Waals surface area contributed by atoms with Gasteiger partial charge in [-0.25, -0.2) is 4.79 Å². The van der Waals surface area contributed by atoms with E-state index >= 15 is 0 Å². The number of amides is 1. The molecule has 1 aliphatic rings. The summed E-state index contributed by atoms with van der Waals surface area (Å²) in [7, 11) is 1.75. The summed E-state index contributed by atoms with van der Waals surface area (Å²) >= 11 is 0. The number of guanidine groups is 1. The molecule has 0 aliphatic carbocycles. The number of rotatable bonds is 5. The van der Waals surface area contributed by atoms with E-state index in [9.17, 15) is 4.79 Å². The summed E-state index contributed by atoms with van der Waals surface area (Å²) in [5.74, 6) is 1.19. The summed E-state index contributed by atoms with van der Waals surface area (Å²) in [6.45, 7) is 14.9. The molecule has 2 atom stereocenters. The Morgan fingerprint density at radius 2 is 1.74 bits per heavy atom. The minimum atomic E-state index is -0.485. The molecule has 0 aromatic carbocycles. The topological polar surface area (TPSA) is 84.0 Å². The van der Waals surface area contributed by atoms with Gasteiger partial charge in [0.15, 0.2) is 5.96 Å². The normalized spacial score (nSPS) is 21.1. The molecular weight excluding hydrogens is 459 g/mol. The Hall–Kier alpha value is -0.770. The number of nitrogens with one attached hydrogen (secondary N) is 3. The molecule has 1 saturated heterocycles. The maximum absolute atomic E-state index is 11.6. The molecule has 2 unspecified atom stereocenters. The zero-order valence-electron chi connectivity index (χ0n) is 18.0. The fraction of sp³-hybridized carbons (Fsp3) is 0.895. The van der Waals surface area contributed by atoms with Crippen LogP contribution in [0, 0.1) is 11.3 Å². The zero-order chi connectivity index (χ0) is 19.8. The van der Waals surface area contributed by atoms with Gasteiger partial charge >= 0.3 is 6.09 Å². The van der Waals surface area contributed by atoms with Crippen LogP contribution in [0.2, 0.25) is 0 Å². The van der Waals surface area contributed by atoms with Gasteiger partial charge in [0.05, 0.1) is 6.10 Å². The second-order valence-electron chi connectivity index (χ2n) is 8.87. The smallest absolute Gasteiger partial charge is 0.407 e. The molecule has 8 heteroatoms. The molecule has 1 rings (SSSR count). The van der Waals surface area contributed by atoms with Crippen molar-refractivity contribution in [1.82, 2.24) is 16.0 Å². The predicted molar refractivity (Wildman–Crippen MR) is 121 cm³/mol. The van der Waals surface area contributed by atoms with Crippen molar-refractivity contribution in [3.05, 3.63) is 0 Å². The SMILES string of the molecule is CN=C(NCCNC(=O)OC(C)(C)C)NCC1CCCOC1C(C)(C)C.I. The molecule has 27 heavy (non-hydrogen) atoms. The first-order chi connectivity index (χ1) is 12.0. The van der Waals surface area contributed by atoms with Crippen LogP contribution in [0.25, 0.3) is 0 Å². The first-order valence-electron chi connectivity index (χ1n) is 9.56. The number of ether oxygens (including phenoxy) is 2. The number of nitrogens with zero attached hydrogens (tertiary/aromatic N) is 1. The summed E-state index contributed by atoms with van der Waals surface area (Å²) in [5.41, 5.74) is -0.359. The Morgan fingerprint density at radius 1 is 1.11 bits per heavy atom. The molecule has 0 aromatic heterocycles. The summed E-state index contributed by atoms with van der Waals surface area (Å²) in [6.07, 6.45) is 2.10. The number of hydrogen-bond acceptors (Lipinski definition) is 4. The highest BCUT2D eigenvalue weighted by atomic mass is 127. The summed E-state index contributed by atoms with van der Waals surface area (Å²) in [5, 5.41) is 9.32. The van der Waals surface area contributed by atoms with Crippen LogP contribution < -0.4 is 16.0 Å². The van der Waals surface area contributed by atoms with Crippen molar-refractivity contribution in [1.29, 1.82) is 0 Å². The number of halogens is 1. The quantitative estimate of drug-likeness (QED) is 0.235. The van der Waals surface area contributed by atoms with E-state index in [0.717, 1.165) is 32.0 Å². The molecule has 1 amide bonds. The second-order valence-corrected chi connectivity index (χ2v) is 8.87. The van der Waals surface area contributed by atoms with Crippen LogP contribution in [0.1, 0.15) is 54.4 Å². The van der Waals surface area contributed by atoms with Crippen molar-refractivity contribution >= 4 is 36.0 Å². The van der Waals surface area contributed by atoms with Crippen molar-refractivity contribution < 1.29 is 14.3 Å². The molecular formula is C19H39IN4O3. The molecule has 7 nitrogen and oxygen atoms in total. The van der Waals surface area contributed by atoms with Crippen LogP contribution in [0.4, 0.5) is 4.79 Å². The third-order valence-corrected chi connectivity index (χ3v) is 4.14. The van der Waals surface area contributed by atoms with E-state index in [-0.39, 0.29) is 35.5 Å². The fourth-order valence-electron chi connectivity index (χ4n) is 3.12. The predicted octanol–water partition coefficient (Wildman–Crippen LogP) is 3.14. The van der Waals surface area contributed by atoms with Gasteiger partial charge < -0.3 is 25.4 Å². The number of aliphatic imine (C=N–C) groups is 1. The molecule has 1 aliphatic heterocycles. The van der Waals surface area contributed by atoms with Gasteiger partial charge in [-0.3, -0.25) is 4.99 Å². The number of carbonyl (C=O) groups excluding carboxylic acids is 1. The Kier molecular flexibility index (Phi) is 11.6. The highest BCUT2D eigenvalue weighted by molar-refractivity contribution is 14.0. The minimum Gasteiger partial charge on any atom is -0.444 e. The first-order valence-corrected chi connectivity index (χ1v) is 9.56. The first kappa shape index (κ1) is 26.2. The molecule has 1 heterocycles. The van der Waals surface area contributed by atoms with Gasteiger partial charge in [0, 0.05) is 39.2 Å². The number of carbonyl (C=O) groups is 1. The van der Waals surface area contributed by atoms with Gasteiger partial charge in [-0.1, -0.05) is 20.8 Å². The summed E-state index contributed by atoms with van der Waals surface area (Å²) in [6, 6.07) is 0. The van der Waals surface area contributed by atoms with Gasteiger partial charge in [-0.2, -0.15) is 0 Å². The highest BCUT2D eigenvalue weighted by Crippen LogP contribution is 2.33.